The molecule has 3 atom stereocenters. The van der Waals surface area contributed by atoms with Crippen LogP contribution in [-0.4, -0.2) is 96.1 Å². The summed E-state index contributed by atoms with van der Waals surface area (Å²) in [5, 5.41) is 12.8. The zero-order chi connectivity index (χ0) is 25.2. The highest BCUT2D eigenvalue weighted by atomic mass is 19.1. The van der Waals surface area contributed by atoms with Crippen molar-refractivity contribution in [1.82, 2.24) is 25.1 Å². The number of rotatable bonds is 5. The van der Waals surface area contributed by atoms with Crippen LogP contribution < -0.4 is 15.0 Å². The number of alkyl halides is 1. The Labute approximate surface area is 206 Å². The summed E-state index contributed by atoms with van der Waals surface area (Å²) in [4.78, 5) is 27.9. The lowest BCUT2D eigenvalue weighted by molar-refractivity contribution is 0.0144. The van der Waals surface area contributed by atoms with E-state index in [-0.39, 0.29) is 24.5 Å². The summed E-state index contributed by atoms with van der Waals surface area (Å²) >= 11 is 0. The third-order valence-electron chi connectivity index (χ3n) is 6.67. The molecular weight excluding hydrogens is 453 g/mol. The van der Waals surface area contributed by atoms with E-state index in [1.807, 2.05) is 32.7 Å². The Morgan fingerprint density at radius 3 is 2.74 bits per heavy atom. The zero-order valence-corrected chi connectivity index (χ0v) is 21.1. The first-order valence-electron chi connectivity index (χ1n) is 12.3. The lowest BCUT2D eigenvalue weighted by Gasteiger charge is -2.42. The van der Waals surface area contributed by atoms with Crippen molar-refractivity contribution in [3.63, 3.8) is 0 Å². The topological polar surface area (TPSA) is 107 Å². The normalized spacial score (nSPS) is 25.2. The number of carbonyl (C=O) groups excluding carboxylic acids is 1. The van der Waals surface area contributed by atoms with Crippen LogP contribution in [0.25, 0.3) is 0 Å². The van der Waals surface area contributed by atoms with E-state index in [1.165, 1.54) is 0 Å². The Morgan fingerprint density at radius 1 is 1.26 bits per heavy atom. The first-order chi connectivity index (χ1) is 16.6. The summed E-state index contributed by atoms with van der Waals surface area (Å²) in [6, 6.07) is 2.17. The number of nitrogens with one attached hydrogen (secondary N) is 1. The molecule has 10 nitrogen and oxygen atoms in total. The molecule has 4 heterocycles. The molecule has 1 N–H and O–H groups in total. The predicted octanol–water partition coefficient (Wildman–Crippen LogP) is 1.88. The van der Waals surface area contributed by atoms with E-state index >= 15 is 0 Å². The van der Waals surface area contributed by atoms with Crippen LogP contribution in [0, 0.1) is 11.3 Å². The number of nitrogens with zero attached hydrogens (tertiary/aromatic N) is 6. The molecule has 35 heavy (non-hydrogen) atoms. The molecule has 11 heteroatoms. The van der Waals surface area contributed by atoms with Gasteiger partial charge in [-0.15, -0.1) is 0 Å². The van der Waals surface area contributed by atoms with E-state index in [1.54, 1.807) is 4.90 Å². The summed E-state index contributed by atoms with van der Waals surface area (Å²) in [6.45, 7) is 9.15. The van der Waals surface area contributed by atoms with Crippen LogP contribution in [0.5, 0.6) is 6.01 Å². The van der Waals surface area contributed by atoms with Gasteiger partial charge in [0.1, 0.15) is 24.2 Å². The third-order valence-corrected chi connectivity index (χ3v) is 6.67. The number of halogens is 1. The molecule has 2 fully saturated rings. The van der Waals surface area contributed by atoms with Gasteiger partial charge in [0, 0.05) is 44.3 Å². The number of amides is 1. The maximum atomic E-state index is 13.8. The molecule has 4 rings (SSSR count). The molecular formula is C24H36FN7O3. The second-order valence-electron chi connectivity index (χ2n) is 10.6. The number of carbonyl (C=O) groups is 1. The van der Waals surface area contributed by atoms with Crippen LogP contribution in [0.15, 0.2) is 0 Å². The molecule has 3 aliphatic rings. The van der Waals surface area contributed by atoms with Gasteiger partial charge in [0.25, 0.3) is 0 Å². The molecule has 2 saturated heterocycles. The van der Waals surface area contributed by atoms with Gasteiger partial charge in [-0.05, 0) is 47.2 Å². The summed E-state index contributed by atoms with van der Waals surface area (Å²) in [5.74, 6) is 0.793. The zero-order valence-electron chi connectivity index (χ0n) is 21.1. The van der Waals surface area contributed by atoms with Crippen molar-refractivity contribution >= 4 is 11.9 Å². The van der Waals surface area contributed by atoms with Crippen molar-refractivity contribution in [2.75, 3.05) is 51.3 Å². The summed E-state index contributed by atoms with van der Waals surface area (Å²) in [7, 11) is 1.90. The first kappa shape index (κ1) is 25.4. The van der Waals surface area contributed by atoms with Crippen LogP contribution in [0.1, 0.15) is 44.9 Å². The van der Waals surface area contributed by atoms with Crippen molar-refractivity contribution in [2.24, 2.45) is 0 Å². The first-order valence-corrected chi connectivity index (χ1v) is 12.3. The molecule has 0 bridgehead atoms. The highest BCUT2D eigenvalue weighted by Gasteiger charge is 2.35. The number of hydrogen-bond donors (Lipinski definition) is 1. The van der Waals surface area contributed by atoms with E-state index in [2.05, 4.69) is 21.3 Å². The second kappa shape index (κ2) is 10.5. The lowest BCUT2D eigenvalue weighted by atomic mass is 10.0. The van der Waals surface area contributed by atoms with Gasteiger partial charge in [0.05, 0.1) is 24.2 Å². The minimum atomic E-state index is -0.837. The Balaban J connectivity index is 1.53. The monoisotopic (exact) mass is 489 g/mol. The number of piperazine rings is 1. The lowest BCUT2D eigenvalue weighted by Crippen LogP contribution is -2.56. The van der Waals surface area contributed by atoms with Crippen molar-refractivity contribution in [2.45, 2.75) is 70.4 Å². The average Bonchev–Trinajstić information content (AvgIpc) is 3.12. The predicted molar refractivity (Wildman–Crippen MR) is 128 cm³/mol. The fraction of sp³-hybridized carbons (Fsp3) is 0.750. The highest BCUT2D eigenvalue weighted by Crippen LogP contribution is 2.29. The minimum Gasteiger partial charge on any atom is -0.462 e. The number of ether oxygens (including phenoxy) is 2. The van der Waals surface area contributed by atoms with Gasteiger partial charge < -0.3 is 24.6 Å². The van der Waals surface area contributed by atoms with Gasteiger partial charge in [-0.2, -0.15) is 15.2 Å². The van der Waals surface area contributed by atoms with Crippen molar-refractivity contribution in [3.05, 3.63) is 11.3 Å². The number of hydrogen-bond acceptors (Lipinski definition) is 9. The van der Waals surface area contributed by atoms with Crippen LogP contribution in [0.2, 0.25) is 0 Å². The number of nitriles is 1. The molecule has 192 valence electrons. The van der Waals surface area contributed by atoms with E-state index < -0.39 is 17.9 Å². The van der Waals surface area contributed by atoms with E-state index in [9.17, 15) is 14.4 Å². The van der Waals surface area contributed by atoms with Crippen molar-refractivity contribution in [3.8, 4) is 12.1 Å². The van der Waals surface area contributed by atoms with Crippen LogP contribution >= 0.6 is 0 Å². The Morgan fingerprint density at radius 2 is 2.06 bits per heavy atom. The average molecular weight is 490 g/mol. The van der Waals surface area contributed by atoms with Crippen LogP contribution in [-0.2, 0) is 17.7 Å². The molecule has 0 radical (unpaired) electrons. The number of anilines is 1. The summed E-state index contributed by atoms with van der Waals surface area (Å²) in [5.41, 5.74) is 1.36. The van der Waals surface area contributed by atoms with Crippen LogP contribution in [0.4, 0.5) is 15.0 Å². The largest absolute Gasteiger partial charge is 0.462 e. The number of fused-ring (bicyclic) bond motifs is 1. The maximum Gasteiger partial charge on any atom is 0.410 e. The summed E-state index contributed by atoms with van der Waals surface area (Å²) < 4.78 is 25.3. The van der Waals surface area contributed by atoms with Gasteiger partial charge in [0.2, 0.25) is 0 Å². The van der Waals surface area contributed by atoms with Gasteiger partial charge in [-0.1, -0.05) is 0 Å². The fourth-order valence-electron chi connectivity index (χ4n) is 4.91. The SMILES string of the molecule is CN1C[C@H](F)C[C@H]1COc1nc2c(c(N3CCN(C(=O)OC(C)(C)C)[C@@H](CC#N)C3)n1)CCNC2. The van der Waals surface area contributed by atoms with Crippen LogP contribution in [0.3, 0.4) is 0 Å². The number of likely N-dealkylation sites (tertiary alicyclic amines) is 1. The molecule has 1 aromatic heterocycles. The smallest absolute Gasteiger partial charge is 0.410 e. The fourth-order valence-corrected chi connectivity index (χ4v) is 4.91. The molecule has 0 aromatic carbocycles. The molecule has 0 saturated carbocycles. The molecule has 0 aliphatic carbocycles. The summed E-state index contributed by atoms with van der Waals surface area (Å²) in [6.07, 6.45) is 0.193. The second-order valence-corrected chi connectivity index (χ2v) is 10.6. The Bertz CT molecular complexity index is 964. The molecule has 1 amide bonds. The maximum absolute atomic E-state index is 13.8. The van der Waals surface area contributed by atoms with Crippen molar-refractivity contribution in [1.29, 1.82) is 5.26 Å². The molecule has 0 unspecified atom stereocenters. The number of aromatic nitrogens is 2. The molecule has 1 aromatic rings. The van der Waals surface area contributed by atoms with Gasteiger partial charge in [0.15, 0.2) is 0 Å². The van der Waals surface area contributed by atoms with Gasteiger partial charge in [-0.3, -0.25) is 4.90 Å². The molecule has 0 spiro atoms. The third kappa shape index (κ3) is 6.11. The Kier molecular flexibility index (Phi) is 7.62. The van der Waals surface area contributed by atoms with E-state index in [0.717, 1.165) is 30.0 Å². The van der Waals surface area contributed by atoms with Crippen molar-refractivity contribution < 1.29 is 18.7 Å². The minimum absolute atomic E-state index is 0.0106. The van der Waals surface area contributed by atoms with E-state index in [0.29, 0.717) is 45.8 Å². The van der Waals surface area contributed by atoms with Gasteiger partial charge in [-0.25, -0.2) is 9.18 Å². The van der Waals surface area contributed by atoms with Gasteiger partial charge >= 0.3 is 12.1 Å². The Hall–Kier alpha value is -2.71. The number of likely N-dealkylation sites (N-methyl/N-ethyl adjacent to an activating group) is 1. The van der Waals surface area contributed by atoms with E-state index in [4.69, 9.17) is 14.5 Å². The quantitative estimate of drug-likeness (QED) is 0.663. The molecule has 3 aliphatic heterocycles. The highest BCUT2D eigenvalue weighted by molar-refractivity contribution is 5.69. The standard InChI is InChI=1S/C24H36FN7O3/c1-24(2,3)35-23(33)32-10-9-31(14-17(32)5-7-26)21-19-6-8-27-12-20(19)28-22(29-21)34-15-18-11-16(25)13-30(18)4/h16-18,27H,5-6,8-15H2,1-4H3/t16-,17+,18+/m1/s1.